The summed E-state index contributed by atoms with van der Waals surface area (Å²) in [6, 6.07) is 7.44. The Morgan fingerprint density at radius 2 is 2.00 bits per heavy atom. The molecule has 168 valence electrons. The lowest BCUT2D eigenvalue weighted by Gasteiger charge is -2.26. The fraction of sp³-hybridized carbons (Fsp3) is 0.609. The van der Waals surface area contributed by atoms with Gasteiger partial charge in [-0.1, -0.05) is 30.3 Å². The highest BCUT2D eigenvalue weighted by Gasteiger charge is 2.18. The first-order chi connectivity index (χ1) is 15.2. The molecule has 0 saturated carbocycles. The van der Waals surface area contributed by atoms with Crippen molar-refractivity contribution in [1.29, 1.82) is 0 Å². The van der Waals surface area contributed by atoms with Crippen LogP contribution in [0.5, 0.6) is 0 Å². The number of carbonyl (C=O) groups excluding carboxylic acids is 1. The summed E-state index contributed by atoms with van der Waals surface area (Å²) >= 11 is 1.34. The number of likely N-dealkylation sites (tertiary alicyclic amines) is 1. The fourth-order valence-electron chi connectivity index (χ4n) is 4.30. The number of carbonyl (C=O) groups is 1. The number of nitrogens with zero attached hydrogens (tertiary/aromatic N) is 3. The van der Waals surface area contributed by atoms with Crippen LogP contribution in [0.1, 0.15) is 38.5 Å². The number of hydrogen-bond acceptors (Lipinski definition) is 6. The number of piperidine rings is 1. The number of thioether (sulfide) groups is 1. The van der Waals surface area contributed by atoms with Gasteiger partial charge in [-0.15, -0.1) is 0 Å². The Labute approximate surface area is 187 Å². The van der Waals surface area contributed by atoms with Gasteiger partial charge in [0, 0.05) is 19.7 Å². The number of amides is 1. The monoisotopic (exact) mass is 444 g/mol. The van der Waals surface area contributed by atoms with Gasteiger partial charge in [-0.25, -0.2) is 4.98 Å². The van der Waals surface area contributed by atoms with E-state index in [0.29, 0.717) is 29.1 Å². The third-order valence-corrected chi connectivity index (χ3v) is 6.99. The maximum absolute atomic E-state index is 13.2. The molecule has 2 aliphatic heterocycles. The minimum Gasteiger partial charge on any atom is -0.376 e. The molecule has 31 heavy (non-hydrogen) atoms. The van der Waals surface area contributed by atoms with Gasteiger partial charge in [-0.2, -0.15) is 0 Å². The van der Waals surface area contributed by atoms with Crippen molar-refractivity contribution in [3.05, 3.63) is 34.6 Å². The zero-order chi connectivity index (χ0) is 21.5. The fourth-order valence-corrected chi connectivity index (χ4v) is 5.16. The van der Waals surface area contributed by atoms with Gasteiger partial charge in [0.2, 0.25) is 5.91 Å². The number of para-hydroxylation sites is 1. The Morgan fingerprint density at radius 1 is 1.16 bits per heavy atom. The van der Waals surface area contributed by atoms with Gasteiger partial charge in [0.05, 0.1) is 22.8 Å². The third-order valence-electron chi connectivity index (χ3n) is 6.01. The molecule has 7 nitrogen and oxygen atoms in total. The SMILES string of the molecule is O=C(CSc1nc2ccccc2c(=O)n1CCCN1CCCCC1)NCC1CCCO1. The molecule has 2 aliphatic rings. The normalized spacial score (nSPS) is 19.7. The van der Waals surface area contributed by atoms with Crippen LogP contribution in [0.3, 0.4) is 0 Å². The van der Waals surface area contributed by atoms with Crippen molar-refractivity contribution >= 4 is 28.6 Å². The number of fused-ring (bicyclic) bond motifs is 1. The Kier molecular flexibility index (Phi) is 7.99. The minimum absolute atomic E-state index is 0.0218. The first-order valence-corrected chi connectivity index (χ1v) is 12.4. The van der Waals surface area contributed by atoms with Gasteiger partial charge >= 0.3 is 0 Å². The number of rotatable bonds is 9. The standard InChI is InChI=1S/C23H32N4O3S/c28-21(24-16-18-8-6-15-30-18)17-31-23-25-20-10-3-2-9-19(20)22(29)27(23)14-7-13-26-11-4-1-5-12-26/h2-3,9-10,18H,1,4-8,11-17H2,(H,24,28). The van der Waals surface area contributed by atoms with Gasteiger partial charge < -0.3 is 15.0 Å². The molecule has 0 bridgehead atoms. The number of nitrogens with one attached hydrogen (secondary N) is 1. The average molecular weight is 445 g/mol. The Bertz CT molecular complexity index is 936. The molecule has 1 aromatic carbocycles. The van der Waals surface area contributed by atoms with Gasteiger partial charge in [-0.05, 0) is 63.9 Å². The second-order valence-electron chi connectivity index (χ2n) is 8.35. The summed E-state index contributed by atoms with van der Waals surface area (Å²) in [5.41, 5.74) is 0.661. The Hall–Kier alpha value is -1.90. The average Bonchev–Trinajstić information content (AvgIpc) is 3.32. The summed E-state index contributed by atoms with van der Waals surface area (Å²) in [4.78, 5) is 32.7. The second-order valence-corrected chi connectivity index (χ2v) is 9.29. The van der Waals surface area contributed by atoms with Crippen LogP contribution >= 0.6 is 11.8 Å². The van der Waals surface area contributed by atoms with E-state index >= 15 is 0 Å². The van der Waals surface area contributed by atoms with E-state index in [0.717, 1.165) is 45.5 Å². The zero-order valence-corrected chi connectivity index (χ0v) is 18.9. The number of benzene rings is 1. The minimum atomic E-state index is -0.0530. The van der Waals surface area contributed by atoms with Crippen LogP contribution in [0.15, 0.2) is 34.2 Å². The maximum Gasteiger partial charge on any atom is 0.262 e. The lowest BCUT2D eigenvalue weighted by Crippen LogP contribution is -2.33. The van der Waals surface area contributed by atoms with Gasteiger partial charge in [0.15, 0.2) is 5.16 Å². The lowest BCUT2D eigenvalue weighted by molar-refractivity contribution is -0.119. The molecular weight excluding hydrogens is 412 g/mol. The number of hydrogen-bond donors (Lipinski definition) is 1. The van der Waals surface area contributed by atoms with Gasteiger partial charge in [0.1, 0.15) is 0 Å². The Morgan fingerprint density at radius 3 is 2.81 bits per heavy atom. The van der Waals surface area contributed by atoms with Crippen LogP contribution in [0.2, 0.25) is 0 Å². The van der Waals surface area contributed by atoms with Crippen molar-refractivity contribution in [2.45, 2.75) is 56.3 Å². The van der Waals surface area contributed by atoms with Crippen LogP contribution in [-0.2, 0) is 16.1 Å². The van der Waals surface area contributed by atoms with Crippen molar-refractivity contribution in [1.82, 2.24) is 19.8 Å². The molecule has 2 fully saturated rings. The van der Waals surface area contributed by atoms with E-state index in [1.807, 2.05) is 24.3 Å². The van der Waals surface area contributed by atoms with Gasteiger partial charge in [0.25, 0.3) is 5.56 Å². The van der Waals surface area contributed by atoms with E-state index in [1.54, 1.807) is 4.57 Å². The van der Waals surface area contributed by atoms with Crippen molar-refractivity contribution < 1.29 is 9.53 Å². The van der Waals surface area contributed by atoms with E-state index < -0.39 is 0 Å². The number of aromatic nitrogens is 2. The smallest absolute Gasteiger partial charge is 0.262 e. The summed E-state index contributed by atoms with van der Waals surface area (Å²) in [7, 11) is 0. The molecule has 1 atom stereocenters. The molecule has 8 heteroatoms. The van der Waals surface area contributed by atoms with Crippen LogP contribution in [0.4, 0.5) is 0 Å². The first kappa shape index (κ1) is 22.3. The highest BCUT2D eigenvalue weighted by atomic mass is 32.2. The van der Waals surface area contributed by atoms with E-state index in [9.17, 15) is 9.59 Å². The summed E-state index contributed by atoms with van der Waals surface area (Å²) in [6.45, 7) is 5.24. The van der Waals surface area contributed by atoms with Crippen molar-refractivity contribution in [2.24, 2.45) is 0 Å². The largest absolute Gasteiger partial charge is 0.376 e. The second kappa shape index (κ2) is 11.1. The summed E-state index contributed by atoms with van der Waals surface area (Å²) < 4.78 is 7.31. The predicted molar refractivity (Wildman–Crippen MR) is 124 cm³/mol. The summed E-state index contributed by atoms with van der Waals surface area (Å²) in [6.07, 6.45) is 6.93. The summed E-state index contributed by atoms with van der Waals surface area (Å²) in [5.74, 6) is 0.187. The molecule has 2 saturated heterocycles. The molecule has 1 amide bonds. The molecular formula is C23H32N4O3S. The molecule has 1 aromatic heterocycles. The molecule has 0 aliphatic carbocycles. The van der Waals surface area contributed by atoms with Crippen LogP contribution in [-0.4, -0.2) is 65.0 Å². The zero-order valence-electron chi connectivity index (χ0n) is 18.1. The van der Waals surface area contributed by atoms with Crippen LogP contribution in [0.25, 0.3) is 10.9 Å². The quantitative estimate of drug-likeness (QED) is 0.473. The van der Waals surface area contributed by atoms with Crippen molar-refractivity contribution in [2.75, 3.05) is 38.5 Å². The predicted octanol–water partition coefficient (Wildman–Crippen LogP) is 2.66. The maximum atomic E-state index is 13.2. The first-order valence-electron chi connectivity index (χ1n) is 11.4. The summed E-state index contributed by atoms with van der Waals surface area (Å²) in [5, 5.41) is 4.20. The number of ether oxygens (including phenoxy) is 1. The van der Waals surface area contributed by atoms with Crippen molar-refractivity contribution in [3.63, 3.8) is 0 Å². The van der Waals surface area contributed by atoms with E-state index in [1.165, 1.54) is 31.0 Å². The third kappa shape index (κ3) is 6.08. The molecule has 1 N–H and O–H groups in total. The highest BCUT2D eigenvalue weighted by molar-refractivity contribution is 7.99. The van der Waals surface area contributed by atoms with E-state index in [2.05, 4.69) is 10.2 Å². The molecule has 0 radical (unpaired) electrons. The Balaban J connectivity index is 1.41. The lowest BCUT2D eigenvalue weighted by atomic mass is 10.1. The van der Waals surface area contributed by atoms with Gasteiger partial charge in [-0.3, -0.25) is 14.2 Å². The molecule has 4 rings (SSSR count). The molecule has 2 aromatic rings. The van der Waals surface area contributed by atoms with E-state index in [4.69, 9.17) is 9.72 Å². The van der Waals surface area contributed by atoms with Crippen LogP contribution in [0, 0.1) is 0 Å². The molecule has 1 unspecified atom stereocenters. The highest BCUT2D eigenvalue weighted by Crippen LogP contribution is 2.19. The molecule has 0 spiro atoms. The van der Waals surface area contributed by atoms with Crippen LogP contribution < -0.4 is 10.9 Å². The van der Waals surface area contributed by atoms with Crippen molar-refractivity contribution in [3.8, 4) is 0 Å². The van der Waals surface area contributed by atoms with E-state index in [-0.39, 0.29) is 23.3 Å². The molecule has 3 heterocycles. The topological polar surface area (TPSA) is 76.5 Å².